The van der Waals surface area contributed by atoms with E-state index in [9.17, 15) is 4.79 Å². The summed E-state index contributed by atoms with van der Waals surface area (Å²) in [5.41, 5.74) is 5.13. The Morgan fingerprint density at radius 2 is 1.72 bits per heavy atom. The Kier molecular flexibility index (Phi) is 6.40. The predicted octanol–water partition coefficient (Wildman–Crippen LogP) is 5.22. The van der Waals surface area contributed by atoms with Crippen LogP contribution in [0.5, 0.6) is 5.75 Å². The van der Waals surface area contributed by atoms with Gasteiger partial charge in [0, 0.05) is 0 Å². The number of urea groups is 1. The number of hydrogen-bond donors (Lipinski definition) is 3. The van der Waals surface area contributed by atoms with Crippen molar-refractivity contribution in [1.29, 1.82) is 0 Å². The summed E-state index contributed by atoms with van der Waals surface area (Å²) < 4.78 is 5.26. The molecule has 4 rings (SSSR count). The number of hydrogen-bond acceptors (Lipinski definition) is 3. The summed E-state index contributed by atoms with van der Waals surface area (Å²) in [5, 5.41) is 6.15. The summed E-state index contributed by atoms with van der Waals surface area (Å²) in [7, 11) is 1.65. The van der Waals surface area contributed by atoms with E-state index in [1.54, 1.807) is 7.11 Å². The number of para-hydroxylation sites is 2. The number of ether oxygens (including phenoxy) is 1. The molecule has 6 nitrogen and oxygen atoms in total. The molecule has 6 heteroatoms. The van der Waals surface area contributed by atoms with Crippen LogP contribution in [0.1, 0.15) is 41.5 Å². The molecule has 0 unspecified atom stereocenters. The number of benzene rings is 3. The fourth-order valence-corrected chi connectivity index (χ4v) is 3.69. The van der Waals surface area contributed by atoms with Gasteiger partial charge in [0.2, 0.25) is 0 Å². The quantitative estimate of drug-likeness (QED) is 0.377. The summed E-state index contributed by atoms with van der Waals surface area (Å²) in [4.78, 5) is 21.0. The van der Waals surface area contributed by atoms with E-state index in [0.717, 1.165) is 33.7 Å². The third-order valence-electron chi connectivity index (χ3n) is 5.57. The van der Waals surface area contributed by atoms with Crippen LogP contribution in [0, 0.1) is 6.92 Å². The number of rotatable bonds is 7. The minimum absolute atomic E-state index is 0.118. The molecule has 0 fully saturated rings. The van der Waals surface area contributed by atoms with Crippen molar-refractivity contribution in [2.45, 2.75) is 32.4 Å². The number of imidazole rings is 1. The molecule has 0 spiro atoms. The van der Waals surface area contributed by atoms with E-state index in [4.69, 9.17) is 9.72 Å². The molecular weight excluding hydrogens is 400 g/mol. The van der Waals surface area contributed by atoms with Crippen LogP contribution in [0.2, 0.25) is 0 Å². The second-order valence-corrected chi connectivity index (χ2v) is 7.99. The van der Waals surface area contributed by atoms with Crippen LogP contribution in [0.3, 0.4) is 0 Å². The standard InChI is InChI=1S/C26H28N4O2/c1-17-8-12-20(13-9-17)18(2)27-26(31)30-24(16-19-10-14-21(32-3)15-11-19)25-28-22-6-4-5-7-23(22)29-25/h4-15,18,24H,16H2,1-3H3,(H,28,29)(H2,27,30,31)/t18-,24+/m0/s1. The Morgan fingerprint density at radius 1 is 1.00 bits per heavy atom. The van der Waals surface area contributed by atoms with E-state index in [2.05, 4.69) is 15.6 Å². The zero-order valence-electron chi connectivity index (χ0n) is 18.6. The second-order valence-electron chi connectivity index (χ2n) is 7.99. The summed E-state index contributed by atoms with van der Waals surface area (Å²) in [6.07, 6.45) is 0.593. The van der Waals surface area contributed by atoms with E-state index in [0.29, 0.717) is 6.42 Å². The minimum atomic E-state index is -0.319. The molecule has 0 saturated carbocycles. The van der Waals surface area contributed by atoms with Gasteiger partial charge in [0.1, 0.15) is 11.6 Å². The Hall–Kier alpha value is -3.80. The maximum Gasteiger partial charge on any atom is 0.315 e. The van der Waals surface area contributed by atoms with E-state index < -0.39 is 0 Å². The van der Waals surface area contributed by atoms with Gasteiger partial charge in [-0.05, 0) is 55.7 Å². The summed E-state index contributed by atoms with van der Waals surface area (Å²) >= 11 is 0. The summed E-state index contributed by atoms with van der Waals surface area (Å²) in [6.45, 7) is 4.02. The molecule has 164 valence electrons. The van der Waals surface area contributed by atoms with E-state index in [-0.39, 0.29) is 18.1 Å². The lowest BCUT2D eigenvalue weighted by molar-refractivity contribution is 0.233. The van der Waals surface area contributed by atoms with Gasteiger partial charge >= 0.3 is 6.03 Å². The molecule has 32 heavy (non-hydrogen) atoms. The van der Waals surface area contributed by atoms with E-state index in [1.807, 2.05) is 86.6 Å². The first kappa shape index (κ1) is 21.4. The number of nitrogens with zero attached hydrogens (tertiary/aromatic N) is 1. The van der Waals surface area contributed by atoms with Crippen LogP contribution in [0.4, 0.5) is 4.79 Å². The van der Waals surface area contributed by atoms with Gasteiger partial charge in [0.25, 0.3) is 0 Å². The van der Waals surface area contributed by atoms with Crippen molar-refractivity contribution >= 4 is 17.1 Å². The first-order chi connectivity index (χ1) is 15.5. The maximum atomic E-state index is 12.9. The van der Waals surface area contributed by atoms with Gasteiger partial charge in [-0.2, -0.15) is 0 Å². The van der Waals surface area contributed by atoms with E-state index >= 15 is 0 Å². The second kappa shape index (κ2) is 9.56. The number of carbonyl (C=O) groups is 1. The highest BCUT2D eigenvalue weighted by atomic mass is 16.5. The van der Waals surface area contributed by atoms with Gasteiger partial charge in [-0.1, -0.05) is 54.1 Å². The number of aromatic amines is 1. The predicted molar refractivity (Wildman–Crippen MR) is 127 cm³/mol. The van der Waals surface area contributed by atoms with Crippen LogP contribution in [-0.4, -0.2) is 23.1 Å². The first-order valence-corrected chi connectivity index (χ1v) is 10.7. The fourth-order valence-electron chi connectivity index (χ4n) is 3.69. The molecule has 0 aliphatic carbocycles. The molecule has 4 aromatic rings. The van der Waals surface area contributed by atoms with Crippen molar-refractivity contribution in [2.75, 3.05) is 7.11 Å². The third kappa shape index (κ3) is 5.09. The number of aromatic nitrogens is 2. The normalized spacial score (nSPS) is 12.8. The van der Waals surface area contributed by atoms with Crippen molar-refractivity contribution in [3.05, 3.63) is 95.3 Å². The number of amides is 2. The number of nitrogens with one attached hydrogen (secondary N) is 3. The maximum absolute atomic E-state index is 12.9. The SMILES string of the molecule is COc1ccc(C[C@@H](NC(=O)N[C@@H](C)c2ccc(C)cc2)c2nc3ccccc3[nH]2)cc1. The van der Waals surface area contributed by atoms with Gasteiger partial charge in [0.05, 0.1) is 30.2 Å². The van der Waals surface area contributed by atoms with Gasteiger partial charge in [-0.25, -0.2) is 9.78 Å². The van der Waals surface area contributed by atoms with E-state index in [1.165, 1.54) is 5.56 Å². The van der Waals surface area contributed by atoms with Crippen molar-refractivity contribution in [1.82, 2.24) is 20.6 Å². The highest BCUT2D eigenvalue weighted by Gasteiger charge is 2.20. The third-order valence-corrected chi connectivity index (χ3v) is 5.57. The van der Waals surface area contributed by atoms with Crippen molar-refractivity contribution in [3.8, 4) is 5.75 Å². The Labute approximate surface area is 188 Å². The number of methoxy groups -OCH3 is 1. The smallest absolute Gasteiger partial charge is 0.315 e. The summed E-state index contributed by atoms with van der Waals surface area (Å²) in [5.74, 6) is 1.52. The molecular formula is C26H28N4O2. The Bertz CT molecular complexity index is 1150. The zero-order valence-corrected chi connectivity index (χ0v) is 18.6. The van der Waals surface area contributed by atoms with Gasteiger partial charge < -0.3 is 20.4 Å². The largest absolute Gasteiger partial charge is 0.497 e. The monoisotopic (exact) mass is 428 g/mol. The van der Waals surface area contributed by atoms with Crippen LogP contribution in [0.15, 0.2) is 72.8 Å². The molecule has 1 aromatic heterocycles. The first-order valence-electron chi connectivity index (χ1n) is 10.7. The molecule has 0 radical (unpaired) electrons. The van der Waals surface area contributed by atoms with Gasteiger partial charge in [0.15, 0.2) is 0 Å². The lowest BCUT2D eigenvalue weighted by Gasteiger charge is -2.20. The molecule has 0 aliphatic heterocycles. The molecule has 2 atom stereocenters. The molecule has 1 heterocycles. The highest BCUT2D eigenvalue weighted by molar-refractivity contribution is 5.76. The Balaban J connectivity index is 1.53. The number of aryl methyl sites for hydroxylation is 1. The molecule has 0 aliphatic rings. The Morgan fingerprint density at radius 3 is 2.41 bits per heavy atom. The van der Waals surface area contributed by atoms with Crippen molar-refractivity contribution in [2.24, 2.45) is 0 Å². The zero-order chi connectivity index (χ0) is 22.5. The minimum Gasteiger partial charge on any atom is -0.497 e. The molecule has 0 saturated heterocycles. The highest BCUT2D eigenvalue weighted by Crippen LogP contribution is 2.22. The lowest BCUT2D eigenvalue weighted by Crippen LogP contribution is -2.40. The fraction of sp³-hybridized carbons (Fsp3) is 0.231. The number of fused-ring (bicyclic) bond motifs is 1. The van der Waals surface area contributed by atoms with Crippen LogP contribution < -0.4 is 15.4 Å². The molecule has 3 N–H and O–H groups in total. The van der Waals surface area contributed by atoms with Crippen molar-refractivity contribution < 1.29 is 9.53 Å². The van der Waals surface area contributed by atoms with Crippen LogP contribution in [-0.2, 0) is 6.42 Å². The lowest BCUT2D eigenvalue weighted by atomic mass is 10.0. The average molecular weight is 429 g/mol. The van der Waals surface area contributed by atoms with Gasteiger partial charge in [-0.15, -0.1) is 0 Å². The summed E-state index contributed by atoms with van der Waals surface area (Å²) in [6, 6.07) is 23.2. The molecule has 0 bridgehead atoms. The molecule has 2 amide bonds. The number of H-pyrrole nitrogens is 1. The average Bonchev–Trinajstić information content (AvgIpc) is 3.24. The number of carbonyl (C=O) groups excluding carboxylic acids is 1. The topological polar surface area (TPSA) is 79.0 Å². The van der Waals surface area contributed by atoms with Crippen LogP contribution >= 0.6 is 0 Å². The molecule has 3 aromatic carbocycles. The van der Waals surface area contributed by atoms with Crippen LogP contribution in [0.25, 0.3) is 11.0 Å². The van der Waals surface area contributed by atoms with Crippen molar-refractivity contribution in [3.63, 3.8) is 0 Å². The van der Waals surface area contributed by atoms with Gasteiger partial charge in [-0.3, -0.25) is 0 Å².